The van der Waals surface area contributed by atoms with Gasteiger partial charge in [-0.3, -0.25) is 4.79 Å². The molecule has 1 aromatic heterocycles. The summed E-state index contributed by atoms with van der Waals surface area (Å²) in [5.74, 6) is 0.595. The van der Waals surface area contributed by atoms with E-state index in [0.717, 1.165) is 0 Å². The molecule has 1 atom stereocenters. The largest absolute Gasteiger partial charge is 0.469 e. The van der Waals surface area contributed by atoms with Crippen molar-refractivity contribution in [3.8, 4) is 0 Å². The van der Waals surface area contributed by atoms with Crippen molar-refractivity contribution in [3.05, 3.63) is 23.7 Å². The predicted octanol–water partition coefficient (Wildman–Crippen LogP) is 2.75. The first kappa shape index (κ1) is 11.8. The summed E-state index contributed by atoms with van der Waals surface area (Å²) < 4.78 is 5.09. The molecular weight excluding hydrogens is 190 g/mol. The molecule has 0 aliphatic carbocycles. The molecule has 0 bridgehead atoms. The molecule has 0 saturated carbocycles. The number of furan rings is 1. The lowest BCUT2D eigenvalue weighted by molar-refractivity contribution is 0.0908. The molecule has 0 aromatic carbocycles. The molecule has 0 fully saturated rings. The fourth-order valence-electron chi connectivity index (χ4n) is 1.11. The topological polar surface area (TPSA) is 42.2 Å². The van der Waals surface area contributed by atoms with Crippen LogP contribution < -0.4 is 5.32 Å². The molecule has 1 rings (SSSR count). The van der Waals surface area contributed by atoms with Gasteiger partial charge in [0.15, 0.2) is 0 Å². The van der Waals surface area contributed by atoms with Crippen LogP contribution in [0, 0.1) is 12.3 Å². The van der Waals surface area contributed by atoms with E-state index in [1.165, 1.54) is 6.26 Å². The van der Waals surface area contributed by atoms with Crippen molar-refractivity contribution < 1.29 is 9.21 Å². The minimum Gasteiger partial charge on any atom is -0.469 e. The maximum atomic E-state index is 11.8. The lowest BCUT2D eigenvalue weighted by Crippen LogP contribution is -2.41. The molecule has 0 unspecified atom stereocenters. The third-order valence-corrected chi connectivity index (χ3v) is 2.75. The van der Waals surface area contributed by atoms with Crippen LogP contribution in [-0.2, 0) is 0 Å². The second kappa shape index (κ2) is 4.09. The number of amides is 1. The minimum atomic E-state index is -0.0660. The Morgan fingerprint density at radius 3 is 2.47 bits per heavy atom. The highest BCUT2D eigenvalue weighted by molar-refractivity contribution is 5.95. The van der Waals surface area contributed by atoms with Crippen molar-refractivity contribution in [2.75, 3.05) is 0 Å². The van der Waals surface area contributed by atoms with E-state index in [-0.39, 0.29) is 17.4 Å². The molecule has 15 heavy (non-hydrogen) atoms. The normalized spacial score (nSPS) is 13.7. The minimum absolute atomic E-state index is 0.0628. The van der Waals surface area contributed by atoms with Gasteiger partial charge < -0.3 is 9.73 Å². The third-order valence-electron chi connectivity index (χ3n) is 2.75. The van der Waals surface area contributed by atoms with Crippen LogP contribution in [0.1, 0.15) is 43.8 Å². The van der Waals surface area contributed by atoms with Crippen LogP contribution in [0.2, 0.25) is 0 Å². The standard InChI is InChI=1S/C12H19NO2/c1-8-10(6-7-15-8)11(14)13-9(2)12(3,4)5/h6-7,9H,1-5H3,(H,13,14)/t9-/m1/s1. The van der Waals surface area contributed by atoms with Gasteiger partial charge in [0.25, 0.3) is 5.91 Å². The van der Waals surface area contributed by atoms with Gasteiger partial charge >= 0.3 is 0 Å². The number of rotatable bonds is 2. The Bertz CT molecular complexity index is 347. The van der Waals surface area contributed by atoms with Gasteiger partial charge in [0.05, 0.1) is 11.8 Å². The fourth-order valence-corrected chi connectivity index (χ4v) is 1.11. The molecule has 0 aliphatic heterocycles. The van der Waals surface area contributed by atoms with E-state index in [1.807, 2.05) is 6.92 Å². The van der Waals surface area contributed by atoms with Gasteiger partial charge in [-0.1, -0.05) is 20.8 Å². The van der Waals surface area contributed by atoms with Crippen LogP contribution in [-0.4, -0.2) is 11.9 Å². The highest BCUT2D eigenvalue weighted by Gasteiger charge is 2.23. The Hall–Kier alpha value is -1.25. The number of aryl methyl sites for hydroxylation is 1. The van der Waals surface area contributed by atoms with Crippen LogP contribution >= 0.6 is 0 Å². The summed E-state index contributed by atoms with van der Waals surface area (Å²) in [6.07, 6.45) is 1.53. The molecule has 1 amide bonds. The third kappa shape index (κ3) is 2.85. The smallest absolute Gasteiger partial charge is 0.255 e. The van der Waals surface area contributed by atoms with Crippen molar-refractivity contribution in [1.29, 1.82) is 0 Å². The first-order valence-electron chi connectivity index (χ1n) is 5.17. The number of carbonyl (C=O) groups is 1. The average Bonchev–Trinajstić information content (AvgIpc) is 2.49. The summed E-state index contributed by atoms with van der Waals surface area (Å²) in [5, 5.41) is 2.96. The monoisotopic (exact) mass is 209 g/mol. The summed E-state index contributed by atoms with van der Waals surface area (Å²) in [7, 11) is 0. The van der Waals surface area contributed by atoms with E-state index >= 15 is 0 Å². The van der Waals surface area contributed by atoms with E-state index in [9.17, 15) is 4.79 Å². The SMILES string of the molecule is Cc1occc1C(=O)N[C@H](C)C(C)(C)C. The average molecular weight is 209 g/mol. The van der Waals surface area contributed by atoms with E-state index in [4.69, 9.17) is 4.42 Å². The second-order valence-electron chi connectivity index (χ2n) is 4.95. The lowest BCUT2D eigenvalue weighted by Gasteiger charge is -2.27. The zero-order chi connectivity index (χ0) is 11.6. The summed E-state index contributed by atoms with van der Waals surface area (Å²) in [6, 6.07) is 1.82. The summed E-state index contributed by atoms with van der Waals surface area (Å²) in [6.45, 7) is 10.1. The van der Waals surface area contributed by atoms with Gasteiger partial charge in [-0.15, -0.1) is 0 Å². The molecule has 1 aromatic rings. The predicted molar refractivity (Wildman–Crippen MR) is 59.8 cm³/mol. The molecule has 0 aliphatic rings. The zero-order valence-electron chi connectivity index (χ0n) is 10.0. The maximum Gasteiger partial charge on any atom is 0.255 e. The Morgan fingerprint density at radius 2 is 2.07 bits per heavy atom. The molecule has 3 nitrogen and oxygen atoms in total. The van der Waals surface area contributed by atoms with Gasteiger partial charge in [0.2, 0.25) is 0 Å². The van der Waals surface area contributed by atoms with Crippen molar-refractivity contribution in [3.63, 3.8) is 0 Å². The fraction of sp³-hybridized carbons (Fsp3) is 0.583. The molecule has 1 N–H and O–H groups in total. The number of carbonyl (C=O) groups excluding carboxylic acids is 1. The van der Waals surface area contributed by atoms with Crippen molar-refractivity contribution >= 4 is 5.91 Å². The van der Waals surface area contributed by atoms with Crippen LogP contribution in [0.15, 0.2) is 16.7 Å². The zero-order valence-corrected chi connectivity index (χ0v) is 10.0. The van der Waals surface area contributed by atoms with E-state index in [1.54, 1.807) is 13.0 Å². The van der Waals surface area contributed by atoms with Gasteiger partial charge in [-0.2, -0.15) is 0 Å². The molecule has 1 heterocycles. The molecule has 0 radical (unpaired) electrons. The number of hydrogen-bond acceptors (Lipinski definition) is 2. The van der Waals surface area contributed by atoms with E-state index in [2.05, 4.69) is 26.1 Å². The lowest BCUT2D eigenvalue weighted by atomic mass is 9.88. The van der Waals surface area contributed by atoms with Gasteiger partial charge in [-0.25, -0.2) is 0 Å². The Kier molecular flexibility index (Phi) is 3.22. The highest BCUT2D eigenvalue weighted by Crippen LogP contribution is 2.19. The van der Waals surface area contributed by atoms with E-state index in [0.29, 0.717) is 11.3 Å². The van der Waals surface area contributed by atoms with Crippen molar-refractivity contribution in [1.82, 2.24) is 5.32 Å². The van der Waals surface area contributed by atoms with Gasteiger partial charge in [0, 0.05) is 6.04 Å². The summed E-state index contributed by atoms with van der Waals surface area (Å²) in [4.78, 5) is 11.8. The molecule has 0 saturated heterocycles. The Morgan fingerprint density at radius 1 is 1.47 bits per heavy atom. The van der Waals surface area contributed by atoms with Crippen LogP contribution in [0.25, 0.3) is 0 Å². The van der Waals surface area contributed by atoms with Crippen molar-refractivity contribution in [2.45, 2.75) is 40.7 Å². The van der Waals surface area contributed by atoms with Gasteiger partial charge in [-0.05, 0) is 25.3 Å². The van der Waals surface area contributed by atoms with Crippen LogP contribution in [0.5, 0.6) is 0 Å². The van der Waals surface area contributed by atoms with Crippen LogP contribution in [0.3, 0.4) is 0 Å². The first-order valence-corrected chi connectivity index (χ1v) is 5.17. The summed E-state index contributed by atoms with van der Waals surface area (Å²) in [5.41, 5.74) is 0.680. The number of hydrogen-bond donors (Lipinski definition) is 1. The molecule has 0 spiro atoms. The molecular formula is C12H19NO2. The highest BCUT2D eigenvalue weighted by atomic mass is 16.3. The molecule has 3 heteroatoms. The summed E-state index contributed by atoms with van der Waals surface area (Å²) >= 11 is 0. The van der Waals surface area contributed by atoms with E-state index < -0.39 is 0 Å². The Balaban J connectivity index is 2.69. The van der Waals surface area contributed by atoms with Crippen molar-refractivity contribution in [2.24, 2.45) is 5.41 Å². The van der Waals surface area contributed by atoms with Crippen LogP contribution in [0.4, 0.5) is 0 Å². The first-order chi connectivity index (χ1) is 6.82. The Labute approximate surface area is 90.9 Å². The second-order valence-corrected chi connectivity index (χ2v) is 4.95. The molecule has 84 valence electrons. The van der Waals surface area contributed by atoms with Gasteiger partial charge in [0.1, 0.15) is 5.76 Å². The number of nitrogens with one attached hydrogen (secondary N) is 1. The quantitative estimate of drug-likeness (QED) is 0.813. The maximum absolute atomic E-state index is 11.8.